The Morgan fingerprint density at radius 3 is 2.74 bits per heavy atom. The van der Waals surface area contributed by atoms with Gasteiger partial charge in [-0.2, -0.15) is 13.2 Å². The van der Waals surface area contributed by atoms with E-state index >= 15 is 0 Å². The number of pyridine rings is 2. The molecule has 1 atom stereocenters. The highest BCUT2D eigenvalue weighted by molar-refractivity contribution is 6.02. The maximum Gasteiger partial charge on any atom is 0.416 e. The quantitative estimate of drug-likeness (QED) is 0.545. The summed E-state index contributed by atoms with van der Waals surface area (Å²) in [6.07, 6.45) is -0.419. The van der Waals surface area contributed by atoms with Gasteiger partial charge in [0.15, 0.2) is 0 Å². The molecule has 3 heterocycles. The molecule has 1 aliphatic rings. The number of aryl methyl sites for hydroxylation is 1. The van der Waals surface area contributed by atoms with Gasteiger partial charge in [0.2, 0.25) is 0 Å². The molecule has 5 nitrogen and oxygen atoms in total. The van der Waals surface area contributed by atoms with Crippen LogP contribution in [0, 0.1) is 6.92 Å². The summed E-state index contributed by atoms with van der Waals surface area (Å²) in [5.74, 6) is 0.655. The number of fused-ring (bicyclic) bond motifs is 1. The van der Waals surface area contributed by atoms with Gasteiger partial charge in [-0.05, 0) is 54.7 Å². The fraction of sp³-hybridized carbons (Fsp3) is 0.261. The van der Waals surface area contributed by atoms with Gasteiger partial charge in [-0.25, -0.2) is 9.78 Å². The molecule has 0 bridgehead atoms. The van der Waals surface area contributed by atoms with Crippen molar-refractivity contribution in [2.24, 2.45) is 0 Å². The van der Waals surface area contributed by atoms with Crippen molar-refractivity contribution in [2.75, 3.05) is 16.8 Å². The summed E-state index contributed by atoms with van der Waals surface area (Å²) in [4.78, 5) is 23.2. The summed E-state index contributed by atoms with van der Waals surface area (Å²) < 4.78 is 39.4. The van der Waals surface area contributed by atoms with Gasteiger partial charge >= 0.3 is 12.2 Å². The number of carbonyl (C=O) groups excluding carboxylic acids is 1. The average Bonchev–Trinajstić information content (AvgIpc) is 2.75. The molecule has 1 aromatic carbocycles. The lowest BCUT2D eigenvalue weighted by atomic mass is 9.93. The van der Waals surface area contributed by atoms with Crippen LogP contribution in [0.5, 0.6) is 0 Å². The number of hydrogen-bond donors (Lipinski definition) is 1. The Morgan fingerprint density at radius 1 is 1.19 bits per heavy atom. The number of hydrogen-bond acceptors (Lipinski definition) is 3. The lowest BCUT2D eigenvalue weighted by molar-refractivity contribution is -0.137. The molecule has 1 aliphatic heterocycles. The number of aromatic nitrogens is 2. The predicted molar refractivity (Wildman–Crippen MR) is 113 cm³/mol. The minimum atomic E-state index is -4.44. The molecule has 4 rings (SSSR count). The number of halogens is 3. The first-order chi connectivity index (χ1) is 14.7. The maximum atomic E-state index is 13.1. The number of amides is 2. The molecule has 0 aliphatic carbocycles. The summed E-state index contributed by atoms with van der Waals surface area (Å²) in [5, 5.41) is 2.88. The number of carbonyl (C=O) groups is 1. The number of anilines is 2. The van der Waals surface area contributed by atoms with Crippen molar-refractivity contribution in [3.63, 3.8) is 0 Å². The van der Waals surface area contributed by atoms with Gasteiger partial charge in [0.25, 0.3) is 0 Å². The summed E-state index contributed by atoms with van der Waals surface area (Å²) in [6.45, 7) is 4.36. The van der Waals surface area contributed by atoms with Crippen LogP contribution in [-0.4, -0.2) is 22.5 Å². The monoisotopic (exact) mass is 426 g/mol. The molecule has 3 aromatic rings. The maximum absolute atomic E-state index is 13.1. The second-order valence-corrected chi connectivity index (χ2v) is 7.65. The molecule has 8 heteroatoms. The molecule has 0 saturated heterocycles. The van der Waals surface area contributed by atoms with Crippen LogP contribution in [0.3, 0.4) is 0 Å². The van der Waals surface area contributed by atoms with Crippen molar-refractivity contribution >= 4 is 17.5 Å². The average molecular weight is 426 g/mol. The minimum absolute atomic E-state index is 0.185. The largest absolute Gasteiger partial charge is 0.416 e. The van der Waals surface area contributed by atoms with Crippen molar-refractivity contribution < 1.29 is 18.0 Å². The molecule has 0 saturated carbocycles. The van der Waals surface area contributed by atoms with E-state index in [1.54, 1.807) is 35.5 Å². The van der Waals surface area contributed by atoms with E-state index in [1.165, 1.54) is 6.07 Å². The van der Waals surface area contributed by atoms with Crippen LogP contribution in [0.2, 0.25) is 0 Å². The van der Waals surface area contributed by atoms with Crippen LogP contribution in [-0.2, 0) is 6.18 Å². The van der Waals surface area contributed by atoms with E-state index in [0.29, 0.717) is 29.3 Å². The van der Waals surface area contributed by atoms with Crippen LogP contribution < -0.4 is 10.2 Å². The zero-order valence-corrected chi connectivity index (χ0v) is 17.1. The highest BCUT2D eigenvalue weighted by Crippen LogP contribution is 2.37. The van der Waals surface area contributed by atoms with Gasteiger partial charge in [0.1, 0.15) is 5.82 Å². The Balaban J connectivity index is 1.70. The first-order valence-electron chi connectivity index (χ1n) is 9.92. The number of nitrogens with one attached hydrogen (secondary N) is 1. The Hall–Kier alpha value is -3.42. The summed E-state index contributed by atoms with van der Waals surface area (Å²) in [7, 11) is 0. The highest BCUT2D eigenvalue weighted by atomic mass is 19.4. The molecule has 0 radical (unpaired) electrons. The third kappa shape index (κ3) is 4.23. The number of nitrogens with zero attached hydrogens (tertiary/aromatic N) is 3. The second-order valence-electron chi connectivity index (χ2n) is 7.65. The molecular weight excluding hydrogens is 405 g/mol. The number of benzene rings is 1. The molecule has 2 amide bonds. The first-order valence-corrected chi connectivity index (χ1v) is 9.92. The molecule has 0 fully saturated rings. The van der Waals surface area contributed by atoms with E-state index in [9.17, 15) is 18.0 Å². The third-order valence-corrected chi connectivity index (χ3v) is 5.47. The Labute approximate surface area is 178 Å². The second kappa shape index (κ2) is 8.02. The van der Waals surface area contributed by atoms with Crippen molar-refractivity contribution in [2.45, 2.75) is 32.4 Å². The standard InChI is InChI=1S/C23H21F3N4O/c1-14-9-11-30(22(31)29-19-8-10-27-13-15(19)2)21-18(14)6-7-20(28-21)16-4-3-5-17(12-16)23(24,25)26/h3-8,10,12-14H,9,11H2,1-2H3,(H,27,29,31). The van der Waals surface area contributed by atoms with E-state index in [-0.39, 0.29) is 11.9 Å². The zero-order chi connectivity index (χ0) is 22.2. The van der Waals surface area contributed by atoms with Crippen LogP contribution >= 0.6 is 0 Å². The SMILES string of the molecule is Cc1cnccc1NC(=O)N1CCC(C)c2ccc(-c3cccc(C(F)(F)F)c3)nc21. The van der Waals surface area contributed by atoms with E-state index in [2.05, 4.69) is 15.3 Å². The molecule has 1 N–H and O–H groups in total. The van der Waals surface area contributed by atoms with Crippen molar-refractivity contribution in [1.29, 1.82) is 0 Å². The molecule has 31 heavy (non-hydrogen) atoms. The Morgan fingerprint density at radius 2 is 2.00 bits per heavy atom. The van der Waals surface area contributed by atoms with Gasteiger partial charge < -0.3 is 5.32 Å². The Bertz CT molecular complexity index is 1130. The minimum Gasteiger partial charge on any atom is -0.307 e. The molecule has 2 aromatic heterocycles. The fourth-order valence-corrected chi connectivity index (χ4v) is 3.65. The van der Waals surface area contributed by atoms with Crippen LogP contribution in [0.4, 0.5) is 29.5 Å². The smallest absolute Gasteiger partial charge is 0.307 e. The predicted octanol–water partition coefficient (Wildman–Crippen LogP) is 6.02. The van der Waals surface area contributed by atoms with E-state index in [4.69, 9.17) is 0 Å². The molecule has 160 valence electrons. The van der Waals surface area contributed by atoms with Crippen molar-refractivity contribution in [3.8, 4) is 11.3 Å². The molecule has 0 spiro atoms. The van der Waals surface area contributed by atoms with E-state index < -0.39 is 11.7 Å². The normalized spacial score (nSPS) is 16.0. The number of rotatable bonds is 2. The lowest BCUT2D eigenvalue weighted by Gasteiger charge is -2.32. The van der Waals surface area contributed by atoms with Crippen molar-refractivity contribution in [3.05, 3.63) is 71.5 Å². The summed E-state index contributed by atoms with van der Waals surface area (Å²) >= 11 is 0. The van der Waals surface area contributed by atoms with Crippen LogP contribution in [0.25, 0.3) is 11.3 Å². The van der Waals surface area contributed by atoms with Crippen LogP contribution in [0.15, 0.2) is 54.9 Å². The first kappa shape index (κ1) is 20.8. The lowest BCUT2D eigenvalue weighted by Crippen LogP contribution is -2.40. The summed E-state index contributed by atoms with van der Waals surface area (Å²) in [6, 6.07) is 9.98. The van der Waals surface area contributed by atoms with Gasteiger partial charge in [0.05, 0.1) is 11.3 Å². The number of alkyl halides is 3. The van der Waals surface area contributed by atoms with Gasteiger partial charge in [-0.3, -0.25) is 9.88 Å². The highest BCUT2D eigenvalue weighted by Gasteiger charge is 2.31. The van der Waals surface area contributed by atoms with Gasteiger partial charge in [-0.15, -0.1) is 0 Å². The molecular formula is C23H21F3N4O. The summed E-state index contributed by atoms with van der Waals surface area (Å²) in [5.41, 5.74) is 2.36. The van der Waals surface area contributed by atoms with Crippen molar-refractivity contribution in [1.82, 2.24) is 9.97 Å². The van der Waals surface area contributed by atoms with Gasteiger partial charge in [0, 0.05) is 30.2 Å². The van der Waals surface area contributed by atoms with Crippen LogP contribution in [0.1, 0.15) is 36.0 Å². The zero-order valence-electron chi connectivity index (χ0n) is 17.1. The van der Waals surface area contributed by atoms with Gasteiger partial charge in [-0.1, -0.05) is 25.1 Å². The van der Waals surface area contributed by atoms with E-state index in [0.717, 1.165) is 29.7 Å². The molecule has 1 unspecified atom stereocenters. The van der Waals surface area contributed by atoms with E-state index in [1.807, 2.05) is 19.9 Å². The number of urea groups is 1. The Kier molecular flexibility index (Phi) is 5.39. The third-order valence-electron chi connectivity index (χ3n) is 5.47. The topological polar surface area (TPSA) is 58.1 Å². The fourth-order valence-electron chi connectivity index (χ4n) is 3.65.